The van der Waals surface area contributed by atoms with E-state index in [9.17, 15) is 14.2 Å². The number of hydrogen-bond donors (Lipinski definition) is 2. The summed E-state index contributed by atoms with van der Waals surface area (Å²) in [7, 11) is -4.74. The molecular weight excluding hydrogens is 603 g/mol. The van der Waals surface area contributed by atoms with Crippen LogP contribution in [-0.4, -0.2) is 41.0 Å². The Bertz CT molecular complexity index is 766. The minimum atomic E-state index is -4.74. The van der Waals surface area contributed by atoms with Gasteiger partial charge in [-0.3, -0.25) is 14.1 Å². The highest BCUT2D eigenvalue weighted by atomic mass is 31.2. The number of ether oxygens (including phenoxy) is 2. The first kappa shape index (κ1) is 44.8. The van der Waals surface area contributed by atoms with Crippen LogP contribution in [0.15, 0.2) is 12.2 Å². The number of rotatable bonds is 35. The summed E-state index contributed by atoms with van der Waals surface area (Å²) in [6.07, 6.45) is 35.0. The molecule has 0 amide bonds. The van der Waals surface area contributed by atoms with Crippen molar-refractivity contribution in [1.82, 2.24) is 0 Å². The zero-order valence-corrected chi connectivity index (χ0v) is 30.6. The number of allylic oxidation sites excluding steroid dienone is 2. The molecule has 0 radical (unpaired) electrons. The molecule has 46 heavy (non-hydrogen) atoms. The average Bonchev–Trinajstić information content (AvgIpc) is 3.02. The van der Waals surface area contributed by atoms with Gasteiger partial charge in [0.05, 0.1) is 6.61 Å². The molecule has 272 valence electrons. The number of hydrogen-bond acceptors (Lipinski definition) is 6. The van der Waals surface area contributed by atoms with E-state index in [4.69, 9.17) is 19.3 Å². The number of phosphoric acid groups is 1. The van der Waals surface area contributed by atoms with E-state index < -0.39 is 32.5 Å². The van der Waals surface area contributed by atoms with Crippen molar-refractivity contribution in [3.05, 3.63) is 12.2 Å². The van der Waals surface area contributed by atoms with Gasteiger partial charge >= 0.3 is 19.8 Å². The number of carbonyl (C=O) groups is 2. The maximum absolute atomic E-state index is 12.3. The van der Waals surface area contributed by atoms with Crippen molar-refractivity contribution < 1.29 is 37.9 Å². The van der Waals surface area contributed by atoms with Gasteiger partial charge in [0.25, 0.3) is 0 Å². The molecule has 0 aliphatic carbocycles. The van der Waals surface area contributed by atoms with Gasteiger partial charge in [-0.25, -0.2) is 4.57 Å². The highest BCUT2D eigenvalue weighted by molar-refractivity contribution is 7.46. The van der Waals surface area contributed by atoms with E-state index in [-0.39, 0.29) is 19.4 Å². The van der Waals surface area contributed by atoms with E-state index in [1.54, 1.807) is 0 Å². The smallest absolute Gasteiger partial charge is 0.462 e. The first-order valence-corrected chi connectivity index (χ1v) is 20.5. The zero-order chi connectivity index (χ0) is 34.0. The first-order valence-electron chi connectivity index (χ1n) is 19.0. The quantitative estimate of drug-likeness (QED) is 0.0295. The lowest BCUT2D eigenvalue weighted by atomic mass is 10.1. The van der Waals surface area contributed by atoms with Crippen LogP contribution in [0.3, 0.4) is 0 Å². The third-order valence-electron chi connectivity index (χ3n) is 8.28. The van der Waals surface area contributed by atoms with Crippen molar-refractivity contribution >= 4 is 19.8 Å². The van der Waals surface area contributed by atoms with Crippen LogP contribution in [0.25, 0.3) is 0 Å². The third-order valence-corrected chi connectivity index (χ3v) is 8.77. The van der Waals surface area contributed by atoms with Gasteiger partial charge in [-0.05, 0) is 38.5 Å². The molecule has 0 heterocycles. The van der Waals surface area contributed by atoms with Crippen LogP contribution < -0.4 is 0 Å². The number of carbonyl (C=O) groups excluding carboxylic acids is 2. The van der Waals surface area contributed by atoms with E-state index in [1.807, 2.05) is 0 Å². The highest BCUT2D eigenvalue weighted by Crippen LogP contribution is 2.36. The molecule has 0 aromatic heterocycles. The summed E-state index contributed by atoms with van der Waals surface area (Å²) >= 11 is 0. The van der Waals surface area contributed by atoms with Gasteiger partial charge in [0.15, 0.2) is 6.10 Å². The lowest BCUT2D eigenvalue weighted by Gasteiger charge is -2.18. The molecule has 0 aliphatic rings. The second kappa shape index (κ2) is 33.7. The molecule has 0 bridgehead atoms. The SMILES string of the molecule is CCCCCCCC/C=C\CCCCCCCCCC(=O)O[C@H](COC(=O)CCCCCCCCCCCCC)COP(=O)(O)O. The predicted octanol–water partition coefficient (Wildman–Crippen LogP) is 11.1. The fourth-order valence-corrected chi connectivity index (χ4v) is 5.79. The minimum Gasteiger partial charge on any atom is -0.462 e. The number of unbranched alkanes of at least 4 members (excludes halogenated alkanes) is 23. The van der Waals surface area contributed by atoms with E-state index >= 15 is 0 Å². The summed E-state index contributed by atoms with van der Waals surface area (Å²) in [5.41, 5.74) is 0. The first-order chi connectivity index (χ1) is 22.3. The normalized spacial score (nSPS) is 12.5. The largest absolute Gasteiger partial charge is 0.469 e. The Kier molecular flexibility index (Phi) is 32.8. The molecule has 9 heteroatoms. The second-order valence-electron chi connectivity index (χ2n) is 12.9. The predicted molar refractivity (Wildman–Crippen MR) is 189 cm³/mol. The van der Waals surface area contributed by atoms with Gasteiger partial charge in [0.1, 0.15) is 6.61 Å². The van der Waals surface area contributed by atoms with Crippen molar-refractivity contribution in [1.29, 1.82) is 0 Å². The Morgan fingerprint density at radius 2 is 0.913 bits per heavy atom. The van der Waals surface area contributed by atoms with E-state index in [2.05, 4.69) is 30.5 Å². The molecule has 0 aliphatic heterocycles. The molecule has 2 N–H and O–H groups in total. The molecule has 0 aromatic rings. The Morgan fingerprint density at radius 1 is 0.543 bits per heavy atom. The molecule has 0 rings (SSSR count). The molecule has 0 saturated heterocycles. The molecule has 0 aromatic carbocycles. The molecule has 0 spiro atoms. The van der Waals surface area contributed by atoms with Crippen molar-refractivity contribution in [2.24, 2.45) is 0 Å². The fourth-order valence-electron chi connectivity index (χ4n) is 5.43. The van der Waals surface area contributed by atoms with Crippen LogP contribution in [0.5, 0.6) is 0 Å². The van der Waals surface area contributed by atoms with Crippen molar-refractivity contribution in [2.75, 3.05) is 13.2 Å². The van der Waals surface area contributed by atoms with Crippen molar-refractivity contribution in [3.63, 3.8) is 0 Å². The van der Waals surface area contributed by atoms with Gasteiger partial charge < -0.3 is 19.3 Å². The van der Waals surface area contributed by atoms with Gasteiger partial charge in [0.2, 0.25) is 0 Å². The van der Waals surface area contributed by atoms with Crippen molar-refractivity contribution in [2.45, 2.75) is 200 Å². The van der Waals surface area contributed by atoms with Crippen LogP contribution in [0.4, 0.5) is 0 Å². The summed E-state index contributed by atoms with van der Waals surface area (Å²) < 4.78 is 26.3. The molecule has 1 atom stereocenters. The molecule has 0 saturated carbocycles. The summed E-state index contributed by atoms with van der Waals surface area (Å²) in [6.45, 7) is 3.67. The maximum Gasteiger partial charge on any atom is 0.469 e. The Morgan fingerprint density at radius 3 is 1.33 bits per heavy atom. The standard InChI is InChI=1S/C37H71O8P/c1-3-5-7-9-11-13-15-16-17-18-19-20-22-24-26-28-30-32-37(39)45-35(34-44-46(40,41)42)33-43-36(38)31-29-27-25-23-21-14-12-10-8-6-4-2/h16-17,35H,3-15,18-34H2,1-2H3,(H2,40,41,42)/b17-16-/t35-/m1/s1. The number of phosphoric ester groups is 1. The maximum atomic E-state index is 12.3. The average molecular weight is 675 g/mol. The Labute approximate surface area is 282 Å². The van der Waals surface area contributed by atoms with E-state index in [0.717, 1.165) is 44.9 Å². The third kappa shape index (κ3) is 35.6. The molecular formula is C37H71O8P. The zero-order valence-electron chi connectivity index (χ0n) is 29.7. The van der Waals surface area contributed by atoms with Crippen LogP contribution >= 0.6 is 7.82 Å². The number of esters is 2. The Balaban J connectivity index is 3.93. The van der Waals surface area contributed by atoms with Gasteiger partial charge in [-0.2, -0.15) is 0 Å². The molecule has 0 fully saturated rings. The lowest BCUT2D eigenvalue weighted by molar-refractivity contribution is -0.161. The van der Waals surface area contributed by atoms with Crippen LogP contribution in [0.1, 0.15) is 194 Å². The monoisotopic (exact) mass is 674 g/mol. The van der Waals surface area contributed by atoms with Gasteiger partial charge in [-0.1, -0.05) is 154 Å². The van der Waals surface area contributed by atoms with E-state index in [0.29, 0.717) is 6.42 Å². The van der Waals surface area contributed by atoms with E-state index in [1.165, 1.54) is 116 Å². The van der Waals surface area contributed by atoms with Gasteiger partial charge in [-0.15, -0.1) is 0 Å². The summed E-state index contributed by atoms with van der Waals surface area (Å²) in [4.78, 5) is 42.6. The second-order valence-corrected chi connectivity index (χ2v) is 14.1. The molecule has 8 nitrogen and oxygen atoms in total. The highest BCUT2D eigenvalue weighted by Gasteiger charge is 2.22. The molecule has 0 unspecified atom stereocenters. The van der Waals surface area contributed by atoms with Crippen molar-refractivity contribution in [3.8, 4) is 0 Å². The summed E-state index contributed by atoms with van der Waals surface area (Å²) in [5, 5.41) is 0. The minimum absolute atomic E-state index is 0.211. The fraction of sp³-hybridized carbons (Fsp3) is 0.892. The van der Waals surface area contributed by atoms with Gasteiger partial charge in [0, 0.05) is 12.8 Å². The van der Waals surface area contributed by atoms with Crippen LogP contribution in [-0.2, 0) is 28.2 Å². The lowest BCUT2D eigenvalue weighted by Crippen LogP contribution is -2.29. The van der Waals surface area contributed by atoms with Crippen LogP contribution in [0.2, 0.25) is 0 Å². The summed E-state index contributed by atoms with van der Waals surface area (Å²) in [6, 6.07) is 0. The summed E-state index contributed by atoms with van der Waals surface area (Å²) in [5.74, 6) is -0.884. The Hall–Kier alpha value is -1.21. The topological polar surface area (TPSA) is 119 Å². The van der Waals surface area contributed by atoms with Crippen LogP contribution in [0, 0.1) is 0 Å².